The van der Waals surface area contributed by atoms with E-state index in [4.69, 9.17) is 9.72 Å². The molecule has 0 unspecified atom stereocenters. The number of amides is 1. The number of rotatable bonds is 7. The summed E-state index contributed by atoms with van der Waals surface area (Å²) in [4.78, 5) is 21.5. The van der Waals surface area contributed by atoms with Crippen molar-refractivity contribution >= 4 is 33.9 Å². The van der Waals surface area contributed by atoms with Crippen LogP contribution in [-0.4, -0.2) is 28.7 Å². The molecular formula is C34H26N4O2. The van der Waals surface area contributed by atoms with Crippen molar-refractivity contribution in [3.8, 4) is 28.1 Å². The van der Waals surface area contributed by atoms with Crippen molar-refractivity contribution in [2.45, 2.75) is 6.92 Å². The number of carbonyl (C=O) groups is 1. The van der Waals surface area contributed by atoms with Crippen LogP contribution in [0.1, 0.15) is 11.1 Å². The van der Waals surface area contributed by atoms with Crippen LogP contribution in [0.4, 0.5) is 0 Å². The first kappa shape index (κ1) is 24.9. The normalized spacial score (nSPS) is 11.2. The van der Waals surface area contributed by atoms with E-state index in [1.165, 1.54) is 5.56 Å². The number of fused-ring (bicyclic) bond motifs is 2. The second-order valence-electron chi connectivity index (χ2n) is 9.50. The highest BCUT2D eigenvalue weighted by atomic mass is 16.5. The van der Waals surface area contributed by atoms with Crippen molar-refractivity contribution in [2.24, 2.45) is 5.10 Å². The van der Waals surface area contributed by atoms with Crippen LogP contribution >= 0.6 is 0 Å². The van der Waals surface area contributed by atoms with Gasteiger partial charge in [-0.1, -0.05) is 54.1 Å². The number of benzene rings is 4. The second-order valence-corrected chi connectivity index (χ2v) is 9.50. The smallest absolute Gasteiger partial charge is 0.277 e. The van der Waals surface area contributed by atoms with Crippen molar-refractivity contribution in [2.75, 3.05) is 6.61 Å². The van der Waals surface area contributed by atoms with Gasteiger partial charge in [0.2, 0.25) is 0 Å². The summed E-state index contributed by atoms with van der Waals surface area (Å²) in [6.45, 7) is 1.94. The van der Waals surface area contributed by atoms with E-state index >= 15 is 0 Å². The minimum Gasteiger partial charge on any atom is -0.484 e. The fraction of sp³-hybridized carbons (Fsp3) is 0.0588. The van der Waals surface area contributed by atoms with E-state index in [1.807, 2.05) is 72.8 Å². The summed E-state index contributed by atoms with van der Waals surface area (Å²) in [6, 6.07) is 36.1. The molecule has 6 nitrogen and oxygen atoms in total. The first-order valence-electron chi connectivity index (χ1n) is 13.0. The highest BCUT2D eigenvalue weighted by Gasteiger charge is 2.10. The summed E-state index contributed by atoms with van der Waals surface area (Å²) < 4.78 is 5.68. The number of aromatic nitrogens is 2. The second kappa shape index (κ2) is 11.2. The molecular weight excluding hydrogens is 496 g/mol. The summed E-state index contributed by atoms with van der Waals surface area (Å²) >= 11 is 0. The zero-order valence-corrected chi connectivity index (χ0v) is 21.9. The molecule has 0 aliphatic carbocycles. The summed E-state index contributed by atoms with van der Waals surface area (Å²) in [6.07, 6.45) is 3.35. The fourth-order valence-electron chi connectivity index (χ4n) is 4.60. The lowest BCUT2D eigenvalue weighted by molar-refractivity contribution is -0.123. The third-order valence-electron chi connectivity index (χ3n) is 6.60. The maximum atomic E-state index is 12.3. The van der Waals surface area contributed by atoms with Crippen LogP contribution in [0, 0.1) is 6.92 Å². The predicted molar refractivity (Wildman–Crippen MR) is 160 cm³/mol. The number of aryl methyl sites for hydroxylation is 1. The van der Waals surface area contributed by atoms with Gasteiger partial charge in [-0.25, -0.2) is 10.4 Å². The Bertz CT molecular complexity index is 1850. The van der Waals surface area contributed by atoms with Crippen LogP contribution in [0.25, 0.3) is 44.2 Å². The zero-order chi connectivity index (χ0) is 27.3. The number of ether oxygens (including phenoxy) is 1. The number of nitrogens with zero attached hydrogens (tertiary/aromatic N) is 3. The monoisotopic (exact) mass is 522 g/mol. The molecule has 6 aromatic rings. The molecule has 40 heavy (non-hydrogen) atoms. The number of pyridine rings is 2. The molecule has 6 heteroatoms. The van der Waals surface area contributed by atoms with Crippen LogP contribution in [0.3, 0.4) is 0 Å². The van der Waals surface area contributed by atoms with E-state index in [-0.39, 0.29) is 12.5 Å². The lowest BCUT2D eigenvalue weighted by Crippen LogP contribution is -2.24. The van der Waals surface area contributed by atoms with E-state index in [1.54, 1.807) is 12.4 Å². The Morgan fingerprint density at radius 1 is 0.850 bits per heavy atom. The molecule has 6 rings (SSSR count). The summed E-state index contributed by atoms with van der Waals surface area (Å²) in [5.41, 5.74) is 10.5. The number of hydrogen-bond acceptors (Lipinski definition) is 5. The standard InChI is InChI=1S/C34H26N4O2/c1-23-9-15-32-30(18-23)29(25-6-3-2-4-7-25)20-33(37-32)26-11-13-28(14-12-26)40-22-34(39)38-36-21-24-10-16-31-27(19-24)8-5-17-35-31/h2-21H,22H2,1H3,(H,38,39)/b36-21+. The Morgan fingerprint density at radius 2 is 1.68 bits per heavy atom. The third-order valence-corrected chi connectivity index (χ3v) is 6.60. The average molecular weight is 523 g/mol. The number of nitrogens with one attached hydrogen (secondary N) is 1. The number of carbonyl (C=O) groups excluding carboxylic acids is 1. The van der Waals surface area contributed by atoms with Crippen LogP contribution in [-0.2, 0) is 4.79 Å². The zero-order valence-electron chi connectivity index (χ0n) is 21.9. The van der Waals surface area contributed by atoms with E-state index in [0.717, 1.165) is 49.8 Å². The van der Waals surface area contributed by atoms with Gasteiger partial charge in [-0.15, -0.1) is 0 Å². The fourth-order valence-corrected chi connectivity index (χ4v) is 4.60. The van der Waals surface area contributed by atoms with Crippen LogP contribution in [0.2, 0.25) is 0 Å². The maximum absolute atomic E-state index is 12.3. The molecule has 0 aliphatic rings. The largest absolute Gasteiger partial charge is 0.484 e. The Morgan fingerprint density at radius 3 is 2.52 bits per heavy atom. The summed E-state index contributed by atoms with van der Waals surface area (Å²) in [5.74, 6) is 0.242. The number of hydrogen-bond donors (Lipinski definition) is 1. The molecule has 0 spiro atoms. The van der Waals surface area contributed by atoms with Gasteiger partial charge in [0.15, 0.2) is 6.61 Å². The van der Waals surface area contributed by atoms with Crippen molar-refractivity contribution in [3.63, 3.8) is 0 Å². The SMILES string of the molecule is Cc1ccc2nc(-c3ccc(OCC(=O)N/N=C/c4ccc5ncccc5c4)cc3)cc(-c3ccccc3)c2c1. The Kier molecular flexibility index (Phi) is 6.97. The molecule has 0 saturated carbocycles. The van der Waals surface area contributed by atoms with Gasteiger partial charge >= 0.3 is 0 Å². The summed E-state index contributed by atoms with van der Waals surface area (Å²) in [7, 11) is 0. The van der Waals surface area contributed by atoms with Gasteiger partial charge in [0.05, 0.1) is 22.9 Å². The number of hydrazone groups is 1. The Labute approximate surface area is 232 Å². The van der Waals surface area contributed by atoms with Crippen molar-refractivity contribution in [3.05, 3.63) is 127 Å². The lowest BCUT2D eigenvalue weighted by atomic mass is 9.97. The molecule has 0 aliphatic heterocycles. The van der Waals surface area contributed by atoms with Crippen molar-refractivity contribution < 1.29 is 9.53 Å². The molecule has 1 amide bonds. The lowest BCUT2D eigenvalue weighted by Gasteiger charge is -2.12. The van der Waals surface area contributed by atoms with Gasteiger partial charge in [-0.2, -0.15) is 5.10 Å². The highest BCUT2D eigenvalue weighted by Crippen LogP contribution is 2.33. The van der Waals surface area contributed by atoms with E-state index in [2.05, 4.69) is 58.8 Å². The van der Waals surface area contributed by atoms with Gasteiger partial charge < -0.3 is 4.74 Å². The Hall–Kier alpha value is -5.36. The molecule has 0 bridgehead atoms. The quantitative estimate of drug-likeness (QED) is 0.182. The van der Waals surface area contributed by atoms with Gasteiger partial charge in [-0.05, 0) is 84.3 Å². The third kappa shape index (κ3) is 5.56. The average Bonchev–Trinajstić information content (AvgIpc) is 3.00. The molecule has 4 aromatic carbocycles. The molecule has 0 radical (unpaired) electrons. The topological polar surface area (TPSA) is 76.5 Å². The summed E-state index contributed by atoms with van der Waals surface area (Å²) in [5, 5.41) is 6.18. The molecule has 0 fully saturated rings. The highest BCUT2D eigenvalue weighted by molar-refractivity contribution is 5.97. The maximum Gasteiger partial charge on any atom is 0.277 e. The minimum absolute atomic E-state index is 0.149. The Balaban J connectivity index is 1.12. The molecule has 0 saturated heterocycles. The van der Waals surface area contributed by atoms with Gasteiger partial charge in [-0.3, -0.25) is 9.78 Å². The predicted octanol–water partition coefficient (Wildman–Crippen LogP) is 6.95. The van der Waals surface area contributed by atoms with E-state index in [9.17, 15) is 4.79 Å². The van der Waals surface area contributed by atoms with Crippen LogP contribution in [0.5, 0.6) is 5.75 Å². The van der Waals surface area contributed by atoms with Crippen molar-refractivity contribution in [1.82, 2.24) is 15.4 Å². The minimum atomic E-state index is -0.346. The van der Waals surface area contributed by atoms with E-state index < -0.39 is 0 Å². The van der Waals surface area contributed by atoms with Gasteiger partial charge in [0, 0.05) is 22.5 Å². The molecule has 2 aromatic heterocycles. The van der Waals surface area contributed by atoms with Crippen LogP contribution < -0.4 is 10.2 Å². The van der Waals surface area contributed by atoms with Crippen molar-refractivity contribution in [1.29, 1.82) is 0 Å². The molecule has 194 valence electrons. The first-order chi connectivity index (χ1) is 19.6. The van der Waals surface area contributed by atoms with Crippen LogP contribution in [0.15, 0.2) is 120 Å². The van der Waals surface area contributed by atoms with E-state index in [0.29, 0.717) is 5.75 Å². The molecule has 2 heterocycles. The van der Waals surface area contributed by atoms with Gasteiger partial charge in [0.1, 0.15) is 5.75 Å². The molecule has 1 N–H and O–H groups in total. The molecule has 0 atom stereocenters. The first-order valence-corrected chi connectivity index (χ1v) is 13.0. The van der Waals surface area contributed by atoms with Gasteiger partial charge in [0.25, 0.3) is 5.91 Å².